The van der Waals surface area contributed by atoms with Gasteiger partial charge in [-0.3, -0.25) is 19.7 Å². The fourth-order valence-electron chi connectivity index (χ4n) is 2.54. The zero-order chi connectivity index (χ0) is 21.6. The van der Waals surface area contributed by atoms with Crippen LogP contribution in [0.3, 0.4) is 0 Å². The van der Waals surface area contributed by atoms with Gasteiger partial charge >= 0.3 is 0 Å². The Balaban J connectivity index is 2.02. The van der Waals surface area contributed by atoms with Crippen LogP contribution in [0, 0.1) is 10.1 Å². The number of ether oxygens (including phenoxy) is 1. The van der Waals surface area contributed by atoms with E-state index in [0.29, 0.717) is 21.4 Å². The summed E-state index contributed by atoms with van der Waals surface area (Å²) in [6.45, 7) is 1.67. The minimum Gasteiger partial charge on any atom is -0.495 e. The molecule has 2 aromatic carbocycles. The Morgan fingerprint density at radius 1 is 1.21 bits per heavy atom. The molecule has 0 aliphatic carbocycles. The maximum atomic E-state index is 12.6. The number of amides is 2. The summed E-state index contributed by atoms with van der Waals surface area (Å²) < 4.78 is 5.14. The standard InChI is InChI=1S/C19H21ClN4O5/c1-12(23(2)11-18(25)21-15-7-5-4-6-14(15)20)19(26)22-16-10-13(24(27)28)8-9-17(16)29-3/h4-10,12H,11H2,1-3H3,(H,21,25)(H,22,26)/p+1/t12-/m1/s1. The minimum absolute atomic E-state index is 0.0197. The lowest BCUT2D eigenvalue weighted by molar-refractivity contribution is -0.885. The zero-order valence-corrected chi connectivity index (χ0v) is 16.9. The molecule has 0 heterocycles. The highest BCUT2D eigenvalue weighted by Crippen LogP contribution is 2.28. The number of nitro groups is 1. The second-order valence-electron chi connectivity index (χ2n) is 6.40. The summed E-state index contributed by atoms with van der Waals surface area (Å²) in [5.41, 5.74) is 0.505. The van der Waals surface area contributed by atoms with Crippen molar-refractivity contribution in [1.29, 1.82) is 0 Å². The molecule has 2 rings (SSSR count). The molecule has 0 radical (unpaired) electrons. The van der Waals surface area contributed by atoms with Gasteiger partial charge in [-0.05, 0) is 25.1 Å². The average Bonchev–Trinajstić information content (AvgIpc) is 2.68. The minimum atomic E-state index is -0.615. The predicted octanol–water partition coefficient (Wildman–Crippen LogP) is 1.74. The van der Waals surface area contributed by atoms with Crippen molar-refractivity contribution < 1.29 is 24.1 Å². The molecule has 0 aromatic heterocycles. The second-order valence-corrected chi connectivity index (χ2v) is 6.81. The number of nitro benzene ring substituents is 1. The Morgan fingerprint density at radius 2 is 1.90 bits per heavy atom. The second kappa shape index (κ2) is 9.85. The van der Waals surface area contributed by atoms with Crippen LogP contribution in [0.15, 0.2) is 42.5 Å². The number of halogens is 1. The molecule has 3 N–H and O–H groups in total. The van der Waals surface area contributed by atoms with Crippen LogP contribution in [0.1, 0.15) is 6.92 Å². The van der Waals surface area contributed by atoms with Gasteiger partial charge in [0.2, 0.25) is 0 Å². The first-order valence-corrected chi connectivity index (χ1v) is 9.10. The molecule has 0 aliphatic rings. The summed E-state index contributed by atoms with van der Waals surface area (Å²) in [4.78, 5) is 35.9. The number of nitrogens with one attached hydrogen (secondary N) is 3. The lowest BCUT2D eigenvalue weighted by atomic mass is 10.2. The van der Waals surface area contributed by atoms with Crippen LogP contribution in [0.25, 0.3) is 0 Å². The molecule has 2 atom stereocenters. The van der Waals surface area contributed by atoms with Gasteiger partial charge in [0.15, 0.2) is 12.6 Å². The fourth-order valence-corrected chi connectivity index (χ4v) is 2.72. The number of likely N-dealkylation sites (N-methyl/N-ethyl adjacent to an activating group) is 1. The number of rotatable bonds is 8. The van der Waals surface area contributed by atoms with Crippen molar-refractivity contribution in [3.8, 4) is 5.75 Å². The van der Waals surface area contributed by atoms with Crippen LogP contribution >= 0.6 is 11.6 Å². The number of hydrogen-bond acceptors (Lipinski definition) is 5. The van der Waals surface area contributed by atoms with Gasteiger partial charge in [-0.1, -0.05) is 23.7 Å². The molecule has 9 nitrogen and oxygen atoms in total. The molecule has 2 amide bonds. The summed E-state index contributed by atoms with van der Waals surface area (Å²) in [7, 11) is 3.10. The van der Waals surface area contributed by atoms with Gasteiger partial charge in [-0.2, -0.15) is 0 Å². The third-order valence-electron chi connectivity index (χ3n) is 4.37. The topological polar surface area (TPSA) is 115 Å². The highest BCUT2D eigenvalue weighted by molar-refractivity contribution is 6.33. The van der Waals surface area contributed by atoms with Gasteiger partial charge < -0.3 is 20.3 Å². The van der Waals surface area contributed by atoms with Crippen LogP contribution in [-0.4, -0.2) is 43.5 Å². The van der Waals surface area contributed by atoms with E-state index in [1.807, 2.05) is 0 Å². The quantitative estimate of drug-likeness (QED) is 0.443. The van der Waals surface area contributed by atoms with E-state index >= 15 is 0 Å². The molecule has 154 valence electrons. The Bertz CT molecular complexity index is 921. The Labute approximate surface area is 172 Å². The molecule has 0 bridgehead atoms. The van der Waals surface area contributed by atoms with E-state index in [4.69, 9.17) is 16.3 Å². The zero-order valence-electron chi connectivity index (χ0n) is 16.2. The lowest BCUT2D eigenvalue weighted by Crippen LogP contribution is -3.14. The summed E-state index contributed by atoms with van der Waals surface area (Å²) in [6.07, 6.45) is 0. The van der Waals surface area contributed by atoms with E-state index in [2.05, 4.69) is 10.6 Å². The van der Waals surface area contributed by atoms with Crippen LogP contribution in [0.5, 0.6) is 5.75 Å². The van der Waals surface area contributed by atoms with Crippen molar-refractivity contribution in [1.82, 2.24) is 0 Å². The normalized spacial score (nSPS) is 12.6. The van der Waals surface area contributed by atoms with Crippen LogP contribution in [-0.2, 0) is 9.59 Å². The molecule has 0 spiro atoms. The summed E-state index contributed by atoms with van der Waals surface area (Å²) in [6, 6.07) is 10.2. The molecule has 10 heteroatoms. The molecule has 1 unspecified atom stereocenters. The van der Waals surface area contributed by atoms with E-state index < -0.39 is 16.9 Å². The van der Waals surface area contributed by atoms with E-state index in [0.717, 1.165) is 0 Å². The SMILES string of the molecule is COc1ccc([N+](=O)[O-])cc1NC(=O)[C@@H](C)[NH+](C)CC(=O)Nc1ccccc1Cl. The van der Waals surface area contributed by atoms with E-state index in [1.54, 1.807) is 38.2 Å². The van der Waals surface area contributed by atoms with Crippen molar-refractivity contribution in [3.63, 3.8) is 0 Å². The van der Waals surface area contributed by atoms with Gasteiger partial charge in [-0.15, -0.1) is 0 Å². The van der Waals surface area contributed by atoms with Crippen molar-refractivity contribution in [2.24, 2.45) is 0 Å². The maximum Gasteiger partial charge on any atom is 0.282 e. The number of anilines is 2. The smallest absolute Gasteiger partial charge is 0.282 e. The molecule has 0 saturated carbocycles. The van der Waals surface area contributed by atoms with E-state index in [9.17, 15) is 19.7 Å². The first-order chi connectivity index (χ1) is 13.7. The number of quaternary nitrogens is 1. The van der Waals surface area contributed by atoms with Gasteiger partial charge in [0.1, 0.15) is 5.75 Å². The number of benzene rings is 2. The maximum absolute atomic E-state index is 12.6. The Hall–Kier alpha value is -3.17. The average molecular weight is 422 g/mol. The van der Waals surface area contributed by atoms with Crippen LogP contribution < -0.4 is 20.3 Å². The molecule has 29 heavy (non-hydrogen) atoms. The monoisotopic (exact) mass is 421 g/mol. The van der Waals surface area contributed by atoms with Gasteiger partial charge in [0, 0.05) is 12.1 Å². The number of para-hydroxylation sites is 1. The summed E-state index contributed by atoms with van der Waals surface area (Å²) in [5.74, 6) is -0.416. The van der Waals surface area contributed by atoms with Crippen LogP contribution in [0.4, 0.5) is 17.1 Å². The van der Waals surface area contributed by atoms with Crippen molar-refractivity contribution in [2.45, 2.75) is 13.0 Å². The Kier molecular flexibility index (Phi) is 7.52. The third kappa shape index (κ3) is 5.90. The first kappa shape index (κ1) is 22.1. The fraction of sp³-hybridized carbons (Fsp3) is 0.263. The van der Waals surface area contributed by atoms with Gasteiger partial charge in [0.25, 0.3) is 17.5 Å². The van der Waals surface area contributed by atoms with Gasteiger partial charge in [-0.25, -0.2) is 0 Å². The van der Waals surface area contributed by atoms with E-state index in [1.165, 1.54) is 25.3 Å². The third-order valence-corrected chi connectivity index (χ3v) is 4.70. The molecular weight excluding hydrogens is 400 g/mol. The molecule has 0 fully saturated rings. The largest absolute Gasteiger partial charge is 0.495 e. The number of nitrogens with zero attached hydrogens (tertiary/aromatic N) is 1. The molecular formula is C19H22ClN4O5+. The van der Waals surface area contributed by atoms with E-state index in [-0.39, 0.29) is 23.8 Å². The van der Waals surface area contributed by atoms with Crippen molar-refractivity contribution in [2.75, 3.05) is 31.3 Å². The molecule has 2 aromatic rings. The van der Waals surface area contributed by atoms with Crippen LogP contribution in [0.2, 0.25) is 5.02 Å². The van der Waals surface area contributed by atoms with Crippen molar-refractivity contribution in [3.05, 3.63) is 57.6 Å². The summed E-state index contributed by atoms with van der Waals surface area (Å²) in [5, 5.41) is 16.7. The number of carbonyl (C=O) groups is 2. The predicted molar refractivity (Wildman–Crippen MR) is 110 cm³/mol. The summed E-state index contributed by atoms with van der Waals surface area (Å²) >= 11 is 6.03. The highest BCUT2D eigenvalue weighted by Gasteiger charge is 2.25. The number of hydrogen-bond donors (Lipinski definition) is 3. The first-order valence-electron chi connectivity index (χ1n) is 8.73. The highest BCUT2D eigenvalue weighted by atomic mass is 35.5. The number of methoxy groups -OCH3 is 1. The van der Waals surface area contributed by atoms with Gasteiger partial charge in [0.05, 0.1) is 35.5 Å². The molecule has 0 aliphatic heterocycles. The number of carbonyl (C=O) groups excluding carboxylic acids is 2. The molecule has 0 saturated heterocycles. The lowest BCUT2D eigenvalue weighted by Gasteiger charge is -2.21. The Morgan fingerprint density at radius 3 is 2.52 bits per heavy atom. The van der Waals surface area contributed by atoms with Crippen molar-refractivity contribution >= 4 is 40.5 Å². The number of non-ortho nitro benzene ring substituents is 1.